The Morgan fingerprint density at radius 2 is 1.96 bits per heavy atom. The van der Waals surface area contributed by atoms with Crippen molar-refractivity contribution in [3.8, 4) is 0 Å². The van der Waals surface area contributed by atoms with Crippen molar-refractivity contribution in [3.05, 3.63) is 36.0 Å². The third-order valence-electron chi connectivity index (χ3n) is 4.62. The van der Waals surface area contributed by atoms with E-state index >= 15 is 0 Å². The minimum absolute atomic E-state index is 0.0166. The molecule has 2 aromatic rings. The molecule has 1 aromatic carbocycles. The van der Waals surface area contributed by atoms with E-state index in [1.165, 1.54) is 4.31 Å². The van der Waals surface area contributed by atoms with Gasteiger partial charge in [0.1, 0.15) is 0 Å². The Morgan fingerprint density at radius 3 is 2.62 bits per heavy atom. The highest BCUT2D eigenvalue weighted by atomic mass is 32.2. The fraction of sp³-hybridized carbons (Fsp3) is 0.412. The smallest absolute Gasteiger partial charge is 0.243 e. The molecule has 0 saturated carbocycles. The Bertz CT molecular complexity index is 872. The molecule has 1 aliphatic rings. The first-order valence-corrected chi connectivity index (χ1v) is 9.45. The normalized spacial score (nSPS) is 17.1. The zero-order valence-electron chi connectivity index (χ0n) is 13.8. The number of hydrogen-bond donors (Lipinski definition) is 1. The van der Waals surface area contributed by atoms with Gasteiger partial charge in [0.05, 0.1) is 10.4 Å². The van der Waals surface area contributed by atoms with Gasteiger partial charge in [-0.05, 0) is 43.5 Å². The molecule has 3 rings (SSSR count). The van der Waals surface area contributed by atoms with Crippen LogP contribution < -0.4 is 5.32 Å². The highest BCUT2D eigenvalue weighted by Gasteiger charge is 2.32. The number of aryl methyl sites for hydroxylation is 1. The maximum absolute atomic E-state index is 13.1. The summed E-state index contributed by atoms with van der Waals surface area (Å²) in [5.41, 5.74) is 1.65. The topological polar surface area (TPSA) is 79.4 Å². The van der Waals surface area contributed by atoms with Gasteiger partial charge in [0.2, 0.25) is 15.9 Å². The maximum Gasteiger partial charge on any atom is 0.243 e. The van der Waals surface area contributed by atoms with Crippen LogP contribution in [0.15, 0.2) is 35.4 Å². The van der Waals surface area contributed by atoms with Gasteiger partial charge in [-0.2, -0.15) is 4.31 Å². The Labute approximate surface area is 141 Å². The number of aromatic nitrogens is 1. The van der Waals surface area contributed by atoms with Crippen LogP contribution in [0, 0.1) is 12.8 Å². The fourth-order valence-corrected chi connectivity index (χ4v) is 4.87. The standard InChI is InChI=1S/C17H21N3O3S/c1-12-5-6-15(14-4-3-9-19-16(12)14)24(22,23)20-10-7-13(8-11-20)17(21)18-2/h3-6,9,13H,7-8,10-11H2,1-2H3,(H,18,21). The van der Waals surface area contributed by atoms with Gasteiger partial charge < -0.3 is 5.32 Å². The van der Waals surface area contributed by atoms with Crippen LogP contribution in [-0.2, 0) is 14.8 Å². The van der Waals surface area contributed by atoms with Gasteiger partial charge in [-0.15, -0.1) is 0 Å². The summed E-state index contributed by atoms with van der Waals surface area (Å²) in [5, 5.41) is 3.28. The molecule has 0 spiro atoms. The summed E-state index contributed by atoms with van der Waals surface area (Å²) in [4.78, 5) is 16.3. The van der Waals surface area contributed by atoms with Gasteiger partial charge in [-0.1, -0.05) is 6.07 Å². The molecule has 0 aliphatic carbocycles. The SMILES string of the molecule is CNC(=O)C1CCN(S(=O)(=O)c2ccc(C)c3ncccc23)CC1. The van der Waals surface area contributed by atoms with Crippen LogP contribution in [0.3, 0.4) is 0 Å². The number of piperidine rings is 1. The number of carbonyl (C=O) groups is 1. The number of rotatable bonds is 3. The molecule has 0 atom stereocenters. The molecular formula is C17H21N3O3S. The summed E-state index contributed by atoms with van der Waals surface area (Å²) in [5.74, 6) is -0.130. The number of fused-ring (bicyclic) bond motifs is 1. The largest absolute Gasteiger partial charge is 0.359 e. The van der Waals surface area contributed by atoms with E-state index in [1.807, 2.05) is 6.92 Å². The van der Waals surface area contributed by atoms with Crippen LogP contribution in [0.2, 0.25) is 0 Å². The number of carbonyl (C=O) groups excluding carboxylic acids is 1. The quantitative estimate of drug-likeness (QED) is 0.916. The summed E-state index contributed by atoms with van der Waals surface area (Å²) in [7, 11) is -1.99. The average molecular weight is 347 g/mol. The molecule has 1 amide bonds. The number of amides is 1. The third kappa shape index (κ3) is 2.89. The first kappa shape index (κ1) is 16.9. The Balaban J connectivity index is 1.93. The van der Waals surface area contributed by atoms with Crippen molar-refractivity contribution in [3.63, 3.8) is 0 Å². The van der Waals surface area contributed by atoms with E-state index in [0.717, 1.165) is 5.56 Å². The Hall–Kier alpha value is -1.99. The summed E-state index contributed by atoms with van der Waals surface area (Å²) in [6.07, 6.45) is 2.75. The van der Waals surface area contributed by atoms with E-state index in [-0.39, 0.29) is 16.7 Å². The number of nitrogens with zero attached hydrogens (tertiary/aromatic N) is 2. The molecule has 2 heterocycles. The van der Waals surface area contributed by atoms with Crippen molar-refractivity contribution in [1.82, 2.24) is 14.6 Å². The lowest BCUT2D eigenvalue weighted by atomic mass is 9.97. The lowest BCUT2D eigenvalue weighted by Crippen LogP contribution is -2.42. The van der Waals surface area contributed by atoms with Crippen molar-refractivity contribution in [2.45, 2.75) is 24.7 Å². The molecule has 128 valence electrons. The minimum atomic E-state index is -3.60. The van der Waals surface area contributed by atoms with Gasteiger partial charge in [0.15, 0.2) is 0 Å². The molecule has 0 radical (unpaired) electrons. The van der Waals surface area contributed by atoms with Crippen LogP contribution in [0.5, 0.6) is 0 Å². The second-order valence-electron chi connectivity index (χ2n) is 6.07. The lowest BCUT2D eigenvalue weighted by Gasteiger charge is -2.30. The highest BCUT2D eigenvalue weighted by Crippen LogP contribution is 2.29. The summed E-state index contributed by atoms with van der Waals surface area (Å²) in [6, 6.07) is 6.98. The first-order valence-electron chi connectivity index (χ1n) is 8.01. The number of nitrogens with one attached hydrogen (secondary N) is 1. The second kappa shape index (κ2) is 6.49. The van der Waals surface area contributed by atoms with Crippen molar-refractivity contribution in [2.24, 2.45) is 5.92 Å². The molecule has 6 nitrogen and oxygen atoms in total. The monoisotopic (exact) mass is 347 g/mol. The summed E-state index contributed by atoms with van der Waals surface area (Å²) in [6.45, 7) is 2.63. The van der Waals surface area contributed by atoms with E-state index in [4.69, 9.17) is 0 Å². The van der Waals surface area contributed by atoms with E-state index < -0.39 is 10.0 Å². The molecule has 7 heteroatoms. The van der Waals surface area contributed by atoms with Crippen LogP contribution in [-0.4, -0.2) is 43.8 Å². The first-order chi connectivity index (χ1) is 11.4. The lowest BCUT2D eigenvalue weighted by molar-refractivity contribution is -0.125. The van der Waals surface area contributed by atoms with Crippen LogP contribution in [0.4, 0.5) is 0 Å². The zero-order chi connectivity index (χ0) is 17.3. The molecule has 1 fully saturated rings. The zero-order valence-corrected chi connectivity index (χ0v) is 14.6. The molecule has 0 bridgehead atoms. The highest BCUT2D eigenvalue weighted by molar-refractivity contribution is 7.89. The van der Waals surface area contributed by atoms with Gasteiger partial charge in [-0.25, -0.2) is 8.42 Å². The van der Waals surface area contributed by atoms with Gasteiger partial charge in [0.25, 0.3) is 0 Å². The molecule has 1 N–H and O–H groups in total. The van der Waals surface area contributed by atoms with Crippen LogP contribution in [0.1, 0.15) is 18.4 Å². The van der Waals surface area contributed by atoms with Gasteiger partial charge in [0, 0.05) is 37.6 Å². The van der Waals surface area contributed by atoms with Crippen molar-refractivity contribution in [2.75, 3.05) is 20.1 Å². The predicted octanol–water partition coefficient (Wildman–Crippen LogP) is 1.69. The van der Waals surface area contributed by atoms with Crippen molar-refractivity contribution in [1.29, 1.82) is 0 Å². The minimum Gasteiger partial charge on any atom is -0.359 e. The molecule has 1 saturated heterocycles. The molecule has 24 heavy (non-hydrogen) atoms. The van der Waals surface area contributed by atoms with Gasteiger partial charge in [-0.3, -0.25) is 9.78 Å². The second-order valence-corrected chi connectivity index (χ2v) is 7.98. The predicted molar refractivity (Wildman–Crippen MR) is 92.0 cm³/mol. The van der Waals surface area contributed by atoms with E-state index in [2.05, 4.69) is 10.3 Å². The third-order valence-corrected chi connectivity index (χ3v) is 6.58. The number of pyridine rings is 1. The van der Waals surface area contributed by atoms with E-state index in [0.29, 0.717) is 36.8 Å². The van der Waals surface area contributed by atoms with E-state index in [9.17, 15) is 13.2 Å². The molecular weight excluding hydrogens is 326 g/mol. The molecule has 0 unspecified atom stereocenters. The van der Waals surface area contributed by atoms with E-state index in [1.54, 1.807) is 37.5 Å². The summed E-state index contributed by atoms with van der Waals surface area (Å²) < 4.78 is 27.6. The Kier molecular flexibility index (Phi) is 4.56. The molecule has 1 aromatic heterocycles. The fourth-order valence-electron chi connectivity index (χ4n) is 3.21. The summed E-state index contributed by atoms with van der Waals surface area (Å²) >= 11 is 0. The Morgan fingerprint density at radius 1 is 1.25 bits per heavy atom. The number of benzene rings is 1. The van der Waals surface area contributed by atoms with Crippen molar-refractivity contribution >= 4 is 26.8 Å². The van der Waals surface area contributed by atoms with Crippen LogP contribution >= 0.6 is 0 Å². The van der Waals surface area contributed by atoms with Crippen molar-refractivity contribution < 1.29 is 13.2 Å². The number of hydrogen-bond acceptors (Lipinski definition) is 4. The van der Waals surface area contributed by atoms with Crippen LogP contribution in [0.25, 0.3) is 10.9 Å². The average Bonchev–Trinajstić information content (AvgIpc) is 2.61. The molecule has 1 aliphatic heterocycles. The van der Waals surface area contributed by atoms with Gasteiger partial charge >= 0.3 is 0 Å². The maximum atomic E-state index is 13.1. The number of sulfonamides is 1.